The van der Waals surface area contributed by atoms with Crippen LogP contribution in [0.25, 0.3) is 11.3 Å². The molecule has 0 aliphatic carbocycles. The molecule has 3 aromatic rings. The number of aromatic nitrogens is 1. The van der Waals surface area contributed by atoms with Crippen molar-refractivity contribution in [2.45, 2.75) is 6.54 Å². The van der Waals surface area contributed by atoms with Gasteiger partial charge in [0.2, 0.25) is 0 Å². The summed E-state index contributed by atoms with van der Waals surface area (Å²) in [5.41, 5.74) is 9.74. The molecule has 0 bridgehead atoms. The Labute approximate surface area is 132 Å². The van der Waals surface area contributed by atoms with Crippen LogP contribution in [0.4, 0.5) is 10.8 Å². The number of benzene rings is 2. The van der Waals surface area contributed by atoms with Gasteiger partial charge in [0.05, 0.1) is 5.69 Å². The largest absolute Gasteiger partial charge is 0.398 e. The third-order valence-corrected chi connectivity index (χ3v) is 4.15. The maximum atomic E-state index is 5.97. The number of hydrogen-bond acceptors (Lipinski definition) is 4. The van der Waals surface area contributed by atoms with Gasteiger partial charge in [0.15, 0.2) is 5.13 Å². The minimum Gasteiger partial charge on any atom is -0.398 e. The predicted octanol–water partition coefficient (Wildman–Crippen LogP) is 4.66. The summed E-state index contributed by atoms with van der Waals surface area (Å²) in [5.74, 6) is 0. The van der Waals surface area contributed by atoms with E-state index in [0.29, 0.717) is 6.54 Å². The van der Waals surface area contributed by atoms with Gasteiger partial charge in [-0.3, -0.25) is 0 Å². The molecule has 0 saturated heterocycles. The van der Waals surface area contributed by atoms with Crippen molar-refractivity contribution in [2.24, 2.45) is 0 Å². The fraction of sp³-hybridized carbons (Fsp3) is 0.0625. The Morgan fingerprint density at radius 3 is 2.62 bits per heavy atom. The van der Waals surface area contributed by atoms with Crippen molar-refractivity contribution >= 4 is 33.8 Å². The minimum atomic E-state index is 0.717. The zero-order chi connectivity index (χ0) is 14.7. The highest BCUT2D eigenvalue weighted by Crippen LogP contribution is 2.29. The van der Waals surface area contributed by atoms with E-state index in [1.54, 1.807) is 11.3 Å². The van der Waals surface area contributed by atoms with Crippen LogP contribution < -0.4 is 11.1 Å². The lowest BCUT2D eigenvalue weighted by Crippen LogP contribution is -1.98. The molecule has 3 nitrogen and oxygen atoms in total. The first-order valence-electron chi connectivity index (χ1n) is 6.51. The lowest BCUT2D eigenvalue weighted by atomic mass is 10.1. The maximum Gasteiger partial charge on any atom is 0.183 e. The molecule has 3 rings (SSSR count). The highest BCUT2D eigenvalue weighted by molar-refractivity contribution is 7.14. The number of anilines is 2. The van der Waals surface area contributed by atoms with Crippen LogP contribution in [0.3, 0.4) is 0 Å². The molecule has 2 aromatic carbocycles. The molecule has 0 amide bonds. The van der Waals surface area contributed by atoms with Gasteiger partial charge in [-0.2, -0.15) is 0 Å². The minimum absolute atomic E-state index is 0.717. The van der Waals surface area contributed by atoms with E-state index >= 15 is 0 Å². The molecule has 0 aliphatic heterocycles. The molecule has 0 saturated carbocycles. The Bertz CT molecular complexity index is 737. The number of nitrogens with zero attached hydrogens (tertiary/aromatic N) is 1. The summed E-state index contributed by atoms with van der Waals surface area (Å²) in [7, 11) is 0. The summed E-state index contributed by atoms with van der Waals surface area (Å²) in [6, 6.07) is 15.5. The second-order valence-electron chi connectivity index (χ2n) is 4.61. The third kappa shape index (κ3) is 3.35. The predicted molar refractivity (Wildman–Crippen MR) is 90.7 cm³/mol. The summed E-state index contributed by atoms with van der Waals surface area (Å²) >= 11 is 7.44. The fourth-order valence-corrected chi connectivity index (χ4v) is 2.82. The van der Waals surface area contributed by atoms with Gasteiger partial charge < -0.3 is 11.1 Å². The second-order valence-corrected chi connectivity index (χ2v) is 5.90. The normalized spacial score (nSPS) is 10.5. The highest BCUT2D eigenvalue weighted by atomic mass is 35.5. The van der Waals surface area contributed by atoms with Crippen LogP contribution in [0.1, 0.15) is 5.56 Å². The van der Waals surface area contributed by atoms with Crippen LogP contribution in [0, 0.1) is 0 Å². The van der Waals surface area contributed by atoms with Gasteiger partial charge in [0, 0.05) is 28.2 Å². The highest BCUT2D eigenvalue weighted by Gasteiger charge is 2.06. The van der Waals surface area contributed by atoms with Crippen molar-refractivity contribution in [3.8, 4) is 11.3 Å². The lowest BCUT2D eigenvalue weighted by Gasteiger charge is -2.03. The molecule has 0 spiro atoms. The molecule has 0 radical (unpaired) electrons. The molecule has 0 aliphatic rings. The maximum absolute atomic E-state index is 5.97. The molecule has 21 heavy (non-hydrogen) atoms. The average molecular weight is 316 g/mol. The van der Waals surface area contributed by atoms with Crippen LogP contribution in [0.5, 0.6) is 0 Å². The Morgan fingerprint density at radius 2 is 1.86 bits per heavy atom. The van der Waals surface area contributed by atoms with Gasteiger partial charge >= 0.3 is 0 Å². The fourth-order valence-electron chi connectivity index (χ4n) is 1.99. The van der Waals surface area contributed by atoms with Gasteiger partial charge in [0.1, 0.15) is 0 Å². The molecule has 0 unspecified atom stereocenters. The monoisotopic (exact) mass is 315 g/mol. The molecule has 0 fully saturated rings. The van der Waals surface area contributed by atoms with E-state index < -0.39 is 0 Å². The Kier molecular flexibility index (Phi) is 4.08. The lowest BCUT2D eigenvalue weighted by molar-refractivity contribution is 1.14. The van der Waals surface area contributed by atoms with E-state index in [4.69, 9.17) is 17.3 Å². The van der Waals surface area contributed by atoms with Crippen LogP contribution in [0.2, 0.25) is 5.02 Å². The summed E-state index contributed by atoms with van der Waals surface area (Å²) in [5, 5.41) is 6.95. The Hall–Kier alpha value is -2.04. The number of hydrogen-bond donors (Lipinski definition) is 2. The number of halogens is 1. The van der Waals surface area contributed by atoms with Crippen LogP contribution in [-0.2, 0) is 6.54 Å². The van der Waals surface area contributed by atoms with E-state index in [9.17, 15) is 0 Å². The van der Waals surface area contributed by atoms with Crippen molar-refractivity contribution in [1.82, 2.24) is 4.98 Å². The number of thiazole rings is 1. The first-order chi connectivity index (χ1) is 10.2. The van der Waals surface area contributed by atoms with Crippen molar-refractivity contribution in [1.29, 1.82) is 0 Å². The first-order valence-corrected chi connectivity index (χ1v) is 7.77. The Morgan fingerprint density at radius 1 is 1.10 bits per heavy atom. The van der Waals surface area contributed by atoms with E-state index in [0.717, 1.165) is 32.7 Å². The topological polar surface area (TPSA) is 50.9 Å². The third-order valence-electron chi connectivity index (χ3n) is 3.10. The zero-order valence-electron chi connectivity index (χ0n) is 11.2. The SMILES string of the molecule is Nc1ccccc1-c1csc(NCc2ccc(Cl)cc2)n1. The quantitative estimate of drug-likeness (QED) is 0.689. The van der Waals surface area contributed by atoms with Crippen LogP contribution >= 0.6 is 22.9 Å². The van der Waals surface area contributed by atoms with Crippen molar-refractivity contribution in [2.75, 3.05) is 11.1 Å². The summed E-state index contributed by atoms with van der Waals surface area (Å²) in [6.45, 7) is 0.717. The summed E-state index contributed by atoms with van der Waals surface area (Å²) in [6.07, 6.45) is 0. The van der Waals surface area contributed by atoms with E-state index in [2.05, 4.69) is 10.3 Å². The molecule has 3 N–H and O–H groups in total. The van der Waals surface area contributed by atoms with Gasteiger partial charge in [0.25, 0.3) is 0 Å². The molecule has 1 heterocycles. The van der Waals surface area contributed by atoms with Crippen LogP contribution in [-0.4, -0.2) is 4.98 Å². The second kappa shape index (κ2) is 6.16. The van der Waals surface area contributed by atoms with Gasteiger partial charge in [-0.15, -0.1) is 11.3 Å². The number of nitrogens with one attached hydrogen (secondary N) is 1. The summed E-state index contributed by atoms with van der Waals surface area (Å²) < 4.78 is 0. The molecular formula is C16H14ClN3S. The summed E-state index contributed by atoms with van der Waals surface area (Å²) in [4.78, 5) is 4.58. The van der Waals surface area contributed by atoms with E-state index in [1.807, 2.05) is 53.9 Å². The Balaban J connectivity index is 1.71. The van der Waals surface area contributed by atoms with Crippen molar-refractivity contribution in [3.63, 3.8) is 0 Å². The number of para-hydroxylation sites is 1. The molecular weight excluding hydrogens is 302 g/mol. The van der Waals surface area contributed by atoms with Crippen molar-refractivity contribution < 1.29 is 0 Å². The smallest absolute Gasteiger partial charge is 0.183 e. The van der Waals surface area contributed by atoms with Crippen molar-refractivity contribution in [3.05, 3.63) is 64.5 Å². The molecule has 5 heteroatoms. The van der Waals surface area contributed by atoms with Gasteiger partial charge in [-0.1, -0.05) is 41.9 Å². The van der Waals surface area contributed by atoms with Gasteiger partial charge in [-0.25, -0.2) is 4.98 Å². The standard InChI is InChI=1S/C16H14ClN3S/c17-12-7-5-11(6-8-12)9-19-16-20-15(10-21-16)13-3-1-2-4-14(13)18/h1-8,10H,9,18H2,(H,19,20). The number of nitrogens with two attached hydrogens (primary N) is 1. The number of rotatable bonds is 4. The molecule has 0 atom stereocenters. The van der Waals surface area contributed by atoms with Gasteiger partial charge in [-0.05, 0) is 23.8 Å². The van der Waals surface area contributed by atoms with E-state index in [1.165, 1.54) is 0 Å². The van der Waals surface area contributed by atoms with Crippen LogP contribution in [0.15, 0.2) is 53.9 Å². The van der Waals surface area contributed by atoms with E-state index in [-0.39, 0.29) is 0 Å². The first kappa shape index (κ1) is 13.9. The molecule has 106 valence electrons. The number of nitrogen functional groups attached to an aromatic ring is 1. The zero-order valence-corrected chi connectivity index (χ0v) is 12.8. The average Bonchev–Trinajstić information content (AvgIpc) is 2.96. The molecule has 1 aromatic heterocycles.